The Kier molecular flexibility index (Phi) is 11.5. The minimum atomic E-state index is -3.87. The normalized spacial score (nSPS) is 13.2. The number of carbonyl (C=O) groups excluding carboxylic acids is 1. The molecule has 3 aromatic rings. The van der Waals surface area contributed by atoms with Gasteiger partial charge in [0.1, 0.15) is 5.82 Å². The molecule has 1 aromatic heterocycles. The van der Waals surface area contributed by atoms with Gasteiger partial charge in [-0.25, -0.2) is 17.8 Å². The van der Waals surface area contributed by atoms with Crippen molar-refractivity contribution in [3.63, 3.8) is 0 Å². The summed E-state index contributed by atoms with van der Waals surface area (Å²) >= 11 is 0. The minimum absolute atomic E-state index is 0. The molecule has 0 bridgehead atoms. The summed E-state index contributed by atoms with van der Waals surface area (Å²) in [5.74, 6) is -2.12. The van der Waals surface area contributed by atoms with E-state index in [1.165, 1.54) is 24.3 Å². The molecule has 2 N–H and O–H groups in total. The molecule has 0 aliphatic rings. The van der Waals surface area contributed by atoms with E-state index in [0.29, 0.717) is 22.5 Å². The number of carboxylic acids is 1. The number of aliphatic hydroxyl groups excluding tert-OH is 2. The van der Waals surface area contributed by atoms with Gasteiger partial charge in [-0.2, -0.15) is 0 Å². The SMILES string of the molecule is CC(C)n1c(S(=O)(=O)Cc2ccccc2)nc(-c2ccc(F)cc2)c1CC[C@@H](O)C[C@@H](O)CC(=O)[O-].[Na+]. The maximum atomic E-state index is 13.6. The van der Waals surface area contributed by atoms with E-state index in [0.717, 1.165) is 0 Å². The Labute approximate surface area is 238 Å². The molecule has 0 aliphatic carbocycles. The number of aliphatic hydroxyl groups is 2. The third-order valence-corrected chi connectivity index (χ3v) is 7.31. The number of aliphatic carboxylic acids is 1. The van der Waals surface area contributed by atoms with E-state index in [2.05, 4.69) is 4.98 Å². The molecule has 37 heavy (non-hydrogen) atoms. The Morgan fingerprint density at radius 1 is 1.05 bits per heavy atom. The van der Waals surface area contributed by atoms with E-state index in [1.807, 2.05) is 13.8 Å². The average molecular weight is 541 g/mol. The summed E-state index contributed by atoms with van der Waals surface area (Å²) in [5, 5.41) is 30.8. The number of nitrogens with zero attached hydrogens (tertiary/aromatic N) is 2. The Morgan fingerprint density at radius 3 is 2.24 bits per heavy atom. The van der Waals surface area contributed by atoms with Crippen LogP contribution in [0.5, 0.6) is 0 Å². The van der Waals surface area contributed by atoms with Gasteiger partial charge in [-0.3, -0.25) is 0 Å². The zero-order valence-electron chi connectivity index (χ0n) is 21.2. The first-order valence-electron chi connectivity index (χ1n) is 11.7. The van der Waals surface area contributed by atoms with Crippen molar-refractivity contribution in [2.24, 2.45) is 0 Å². The number of halogens is 1. The third-order valence-electron chi connectivity index (χ3n) is 5.75. The van der Waals surface area contributed by atoms with Crippen molar-refractivity contribution < 1.29 is 62.5 Å². The molecule has 3 rings (SSSR count). The van der Waals surface area contributed by atoms with Crippen LogP contribution in [0.2, 0.25) is 0 Å². The first kappa shape index (κ1) is 31.1. The number of benzene rings is 2. The number of rotatable bonds is 12. The molecule has 0 radical (unpaired) electrons. The van der Waals surface area contributed by atoms with Crippen molar-refractivity contribution in [1.29, 1.82) is 0 Å². The van der Waals surface area contributed by atoms with Crippen LogP contribution in [0, 0.1) is 5.82 Å². The second kappa shape index (κ2) is 13.6. The zero-order valence-corrected chi connectivity index (χ0v) is 24.0. The van der Waals surface area contributed by atoms with Crippen LogP contribution in [-0.2, 0) is 26.8 Å². The van der Waals surface area contributed by atoms with Crippen LogP contribution in [0.3, 0.4) is 0 Å². The first-order valence-corrected chi connectivity index (χ1v) is 13.3. The van der Waals surface area contributed by atoms with Gasteiger partial charge in [-0.05, 0) is 62.9 Å². The Morgan fingerprint density at radius 2 is 1.68 bits per heavy atom. The number of carbonyl (C=O) groups is 1. The molecular formula is C26H30FN2NaO6S. The van der Waals surface area contributed by atoms with Crippen molar-refractivity contribution in [1.82, 2.24) is 9.55 Å². The standard InChI is InChI=1S/C26H31FN2O6S.Na/c1-17(2)29-23(13-12-21(30)14-22(31)15-24(32)33)25(19-8-10-20(27)11-9-19)28-26(29)36(34,35)16-18-6-4-3-5-7-18;/h3-11,17,21-22,30-31H,12-16H2,1-2H3,(H,32,33);/q;+1/p-1/t21-,22-;/m1./s1. The van der Waals surface area contributed by atoms with Crippen LogP contribution in [0.4, 0.5) is 4.39 Å². The fourth-order valence-electron chi connectivity index (χ4n) is 4.14. The van der Waals surface area contributed by atoms with Crippen LogP contribution in [0.15, 0.2) is 59.8 Å². The smallest absolute Gasteiger partial charge is 0.550 e. The zero-order chi connectivity index (χ0) is 26.5. The predicted octanol–water partition coefficient (Wildman–Crippen LogP) is -0.567. The van der Waals surface area contributed by atoms with E-state index >= 15 is 0 Å². The average Bonchev–Trinajstić information content (AvgIpc) is 3.19. The quantitative estimate of drug-likeness (QED) is 0.294. The Hall–Kier alpha value is -2.08. The van der Waals surface area contributed by atoms with Crippen LogP contribution in [0.1, 0.15) is 50.4 Å². The van der Waals surface area contributed by atoms with Crippen LogP contribution < -0.4 is 34.7 Å². The Balaban J connectivity index is 0.00000481. The molecule has 8 nitrogen and oxygen atoms in total. The maximum Gasteiger partial charge on any atom is 1.00 e. The second-order valence-electron chi connectivity index (χ2n) is 9.06. The van der Waals surface area contributed by atoms with Gasteiger partial charge in [0.25, 0.3) is 0 Å². The maximum absolute atomic E-state index is 13.6. The number of aromatic nitrogens is 2. The molecule has 11 heteroatoms. The summed E-state index contributed by atoms with van der Waals surface area (Å²) in [6, 6.07) is 14.0. The van der Waals surface area contributed by atoms with Crippen LogP contribution >= 0.6 is 0 Å². The van der Waals surface area contributed by atoms with Crippen molar-refractivity contribution in [2.45, 2.75) is 68.7 Å². The van der Waals surface area contributed by atoms with E-state index in [1.54, 1.807) is 34.9 Å². The summed E-state index contributed by atoms with van der Waals surface area (Å²) in [5.41, 5.74) is 2.03. The second-order valence-corrected chi connectivity index (χ2v) is 10.9. The fraction of sp³-hybridized carbons (Fsp3) is 0.385. The van der Waals surface area contributed by atoms with Gasteiger partial charge in [-0.1, -0.05) is 30.3 Å². The molecule has 1 heterocycles. The molecule has 0 saturated heterocycles. The largest absolute Gasteiger partial charge is 1.00 e. The van der Waals surface area contributed by atoms with Gasteiger partial charge in [0.2, 0.25) is 15.0 Å². The van der Waals surface area contributed by atoms with E-state index in [4.69, 9.17) is 0 Å². The minimum Gasteiger partial charge on any atom is -0.550 e. The molecule has 2 aromatic carbocycles. The van der Waals surface area contributed by atoms with Gasteiger partial charge >= 0.3 is 29.6 Å². The third kappa shape index (κ3) is 8.46. The van der Waals surface area contributed by atoms with Crippen molar-refractivity contribution in [2.75, 3.05) is 0 Å². The number of hydrogen-bond donors (Lipinski definition) is 2. The molecule has 0 spiro atoms. The van der Waals surface area contributed by atoms with Crippen molar-refractivity contribution in [3.8, 4) is 11.3 Å². The molecule has 0 saturated carbocycles. The fourth-order valence-corrected chi connectivity index (χ4v) is 5.75. The molecular weight excluding hydrogens is 510 g/mol. The monoisotopic (exact) mass is 540 g/mol. The summed E-state index contributed by atoms with van der Waals surface area (Å²) in [6.07, 6.45) is -2.76. The first-order chi connectivity index (χ1) is 17.0. The van der Waals surface area contributed by atoms with Crippen molar-refractivity contribution >= 4 is 15.8 Å². The Bertz CT molecular complexity index is 1280. The van der Waals surface area contributed by atoms with Crippen molar-refractivity contribution in [3.05, 3.63) is 71.7 Å². The van der Waals surface area contributed by atoms with E-state index in [-0.39, 0.29) is 65.8 Å². The summed E-state index contributed by atoms with van der Waals surface area (Å²) in [7, 11) is -3.87. The van der Waals surface area contributed by atoms with E-state index < -0.39 is 40.3 Å². The van der Waals surface area contributed by atoms with Crippen LogP contribution in [-0.4, -0.2) is 46.4 Å². The number of hydrogen-bond acceptors (Lipinski definition) is 7. The topological polar surface area (TPSA) is 133 Å². The van der Waals surface area contributed by atoms with Gasteiger partial charge in [-0.15, -0.1) is 0 Å². The van der Waals surface area contributed by atoms with Gasteiger partial charge in [0.05, 0.1) is 23.7 Å². The number of sulfone groups is 1. The summed E-state index contributed by atoms with van der Waals surface area (Å²) in [6.45, 7) is 3.64. The molecule has 194 valence electrons. The number of carboxylic acid groups (broad SMARTS) is 1. The molecule has 0 aliphatic heterocycles. The molecule has 0 fully saturated rings. The molecule has 0 amide bonds. The summed E-state index contributed by atoms with van der Waals surface area (Å²) in [4.78, 5) is 15.2. The van der Waals surface area contributed by atoms with Gasteiger partial charge in [0.15, 0.2) is 0 Å². The molecule has 2 atom stereocenters. The number of imidazole rings is 1. The van der Waals surface area contributed by atoms with Crippen LogP contribution in [0.25, 0.3) is 11.3 Å². The van der Waals surface area contributed by atoms with Gasteiger partial charge < -0.3 is 24.7 Å². The van der Waals surface area contributed by atoms with E-state index in [9.17, 15) is 32.9 Å². The summed E-state index contributed by atoms with van der Waals surface area (Å²) < 4.78 is 42.2. The van der Waals surface area contributed by atoms with Gasteiger partial charge in [0, 0.05) is 29.7 Å². The predicted molar refractivity (Wildman–Crippen MR) is 130 cm³/mol. The molecule has 0 unspecified atom stereocenters.